The largest absolute Gasteiger partial charge is 0.481 e. The summed E-state index contributed by atoms with van der Waals surface area (Å²) >= 11 is 0. The summed E-state index contributed by atoms with van der Waals surface area (Å²) in [7, 11) is 1.28. The molecule has 4 aliphatic rings. The number of aliphatic carboxylic acids is 1. The van der Waals surface area contributed by atoms with Crippen molar-refractivity contribution < 1.29 is 22.5 Å². The summed E-state index contributed by atoms with van der Waals surface area (Å²) < 4.78 is 28.8. The lowest BCUT2D eigenvalue weighted by Gasteiger charge is -2.64. The molecular formula is C16H25ClO5S. The molecule has 4 aliphatic carbocycles. The van der Waals surface area contributed by atoms with Gasteiger partial charge in [-0.15, -0.1) is 0 Å². The molecule has 5 nitrogen and oxygen atoms in total. The average Bonchev–Trinajstić information content (AvgIpc) is 2.29. The maximum Gasteiger partial charge on any atom is 0.356 e. The highest BCUT2D eigenvalue weighted by Crippen LogP contribution is 2.67. The minimum atomic E-state index is -4.15. The van der Waals surface area contributed by atoms with Crippen LogP contribution in [0.3, 0.4) is 0 Å². The predicted octanol–water partition coefficient (Wildman–Crippen LogP) is 3.57. The van der Waals surface area contributed by atoms with Crippen LogP contribution in [0.4, 0.5) is 0 Å². The molecule has 0 amide bonds. The van der Waals surface area contributed by atoms with Gasteiger partial charge < -0.3 is 5.11 Å². The summed E-state index contributed by atoms with van der Waals surface area (Å²) in [5, 5.41) is 10.0. The zero-order chi connectivity index (χ0) is 17.3. The Morgan fingerprint density at radius 1 is 1.22 bits per heavy atom. The molecular weight excluding hydrogens is 340 g/mol. The Kier molecular flexibility index (Phi) is 3.87. The van der Waals surface area contributed by atoms with Crippen LogP contribution in [0.25, 0.3) is 0 Å². The lowest BCUT2D eigenvalue weighted by atomic mass is 9.42. The number of carbonyl (C=O) groups is 1. The molecule has 0 saturated heterocycles. The van der Waals surface area contributed by atoms with E-state index >= 15 is 0 Å². The fraction of sp³-hybridized carbons (Fsp3) is 0.938. The number of hydrogen-bond acceptors (Lipinski definition) is 4. The zero-order valence-corrected chi connectivity index (χ0v) is 15.4. The van der Waals surface area contributed by atoms with Crippen molar-refractivity contribution >= 4 is 26.0 Å². The monoisotopic (exact) mass is 364 g/mol. The first kappa shape index (κ1) is 17.5. The van der Waals surface area contributed by atoms with Crippen LogP contribution in [0.2, 0.25) is 0 Å². The van der Waals surface area contributed by atoms with Gasteiger partial charge in [-0.3, -0.25) is 8.98 Å². The van der Waals surface area contributed by atoms with Gasteiger partial charge >= 0.3 is 15.3 Å². The second-order valence-corrected chi connectivity index (χ2v) is 11.2. The van der Waals surface area contributed by atoms with Gasteiger partial charge in [0.1, 0.15) is 0 Å². The molecule has 1 N–H and O–H groups in total. The Hall–Kier alpha value is -0.330. The van der Waals surface area contributed by atoms with E-state index in [1.807, 2.05) is 0 Å². The van der Waals surface area contributed by atoms with E-state index in [1.54, 1.807) is 0 Å². The van der Waals surface area contributed by atoms with Crippen LogP contribution in [0.5, 0.6) is 0 Å². The fourth-order valence-corrected chi connectivity index (χ4v) is 6.86. The molecule has 4 saturated carbocycles. The van der Waals surface area contributed by atoms with Gasteiger partial charge in [0.2, 0.25) is 0 Å². The number of carboxylic acids is 1. The molecule has 7 heteroatoms. The molecule has 0 aromatic rings. The summed E-state index contributed by atoms with van der Waals surface area (Å²) in [5.74, 6) is -0.698. The first-order chi connectivity index (χ1) is 10.4. The van der Waals surface area contributed by atoms with Crippen molar-refractivity contribution in [2.45, 2.75) is 64.9 Å². The fourth-order valence-electron chi connectivity index (χ4n) is 5.84. The first-order valence-electron chi connectivity index (χ1n) is 8.24. The summed E-state index contributed by atoms with van der Waals surface area (Å²) in [6.07, 6.45) is 4.06. The molecule has 0 radical (unpaired) electrons. The third-order valence-electron chi connectivity index (χ3n) is 6.05. The van der Waals surface area contributed by atoms with Gasteiger partial charge in [0.05, 0.1) is 11.0 Å². The van der Waals surface area contributed by atoms with Crippen LogP contribution >= 0.6 is 10.7 Å². The van der Waals surface area contributed by atoms with E-state index in [1.165, 1.54) is 0 Å². The van der Waals surface area contributed by atoms with Gasteiger partial charge in [-0.25, -0.2) is 0 Å². The number of carboxylic acid groups (broad SMARTS) is 1. The standard InChI is InChI=1S/C16H25ClO5S/c1-14(2,3)9-12-15(13(18)19)5-10-4-11(6-15)8-16(12,7-10)22-23(17,20)21/h10-12H,4-9H2,1-3H3,(H,18,19). The van der Waals surface area contributed by atoms with Crippen molar-refractivity contribution in [3.63, 3.8) is 0 Å². The molecule has 0 aliphatic heterocycles. The molecule has 0 aromatic carbocycles. The first-order valence-corrected chi connectivity index (χ1v) is 10.5. The molecule has 4 fully saturated rings. The SMILES string of the molecule is CC(C)(C)CC1C2(OS(=O)(=O)Cl)CC3CC(C2)CC1(C(=O)O)C3. The maximum absolute atomic E-state index is 12.2. The van der Waals surface area contributed by atoms with Gasteiger partial charge in [-0.2, -0.15) is 8.42 Å². The summed E-state index contributed by atoms with van der Waals surface area (Å²) in [6.45, 7) is 6.16. The summed E-state index contributed by atoms with van der Waals surface area (Å²) in [5.41, 5.74) is -1.94. The Morgan fingerprint density at radius 3 is 2.13 bits per heavy atom. The highest BCUT2D eigenvalue weighted by atomic mass is 35.7. The van der Waals surface area contributed by atoms with Crippen molar-refractivity contribution in [3.05, 3.63) is 0 Å². The highest BCUT2D eigenvalue weighted by molar-refractivity contribution is 8.10. The molecule has 0 heterocycles. The molecule has 132 valence electrons. The summed E-state index contributed by atoms with van der Waals surface area (Å²) in [4.78, 5) is 12.2. The van der Waals surface area contributed by atoms with E-state index in [9.17, 15) is 18.3 Å². The van der Waals surface area contributed by atoms with Gasteiger partial charge in [-0.1, -0.05) is 20.8 Å². The van der Waals surface area contributed by atoms with E-state index in [-0.39, 0.29) is 23.2 Å². The minimum absolute atomic E-state index is 0.116. The quantitative estimate of drug-likeness (QED) is 0.771. The second kappa shape index (κ2) is 5.09. The van der Waals surface area contributed by atoms with Gasteiger partial charge in [0, 0.05) is 16.6 Å². The third-order valence-corrected chi connectivity index (χ3v) is 6.77. The number of hydrogen-bond donors (Lipinski definition) is 1. The van der Waals surface area contributed by atoms with Crippen molar-refractivity contribution in [2.24, 2.45) is 28.6 Å². The molecule has 4 bridgehead atoms. The minimum Gasteiger partial charge on any atom is -0.481 e. The number of halogens is 1. The maximum atomic E-state index is 12.2. The van der Waals surface area contributed by atoms with Crippen LogP contribution in [0.1, 0.15) is 59.3 Å². The van der Waals surface area contributed by atoms with Crippen molar-refractivity contribution in [1.82, 2.24) is 0 Å². The third kappa shape index (κ3) is 3.02. The second-order valence-electron chi connectivity index (χ2n) is 9.10. The van der Waals surface area contributed by atoms with E-state index in [0.29, 0.717) is 32.1 Å². The lowest BCUT2D eigenvalue weighted by Crippen LogP contribution is -2.66. The van der Waals surface area contributed by atoms with Gasteiger partial charge in [0.15, 0.2) is 0 Å². The van der Waals surface area contributed by atoms with Crippen LogP contribution < -0.4 is 0 Å². The Bertz CT molecular complexity index is 607. The van der Waals surface area contributed by atoms with Crippen LogP contribution in [0.15, 0.2) is 0 Å². The molecule has 4 rings (SSSR count). The highest BCUT2D eigenvalue weighted by Gasteiger charge is 2.68. The predicted molar refractivity (Wildman–Crippen MR) is 86.3 cm³/mol. The molecule has 3 atom stereocenters. The van der Waals surface area contributed by atoms with E-state index in [2.05, 4.69) is 20.8 Å². The Balaban J connectivity index is 2.09. The van der Waals surface area contributed by atoms with Crippen LogP contribution in [0, 0.1) is 28.6 Å². The average molecular weight is 365 g/mol. The van der Waals surface area contributed by atoms with Gasteiger partial charge in [-0.05, 0) is 55.8 Å². The summed E-state index contributed by atoms with van der Waals surface area (Å²) in [6, 6.07) is 0. The van der Waals surface area contributed by atoms with E-state index in [0.717, 1.165) is 6.42 Å². The van der Waals surface area contributed by atoms with Crippen molar-refractivity contribution in [3.8, 4) is 0 Å². The van der Waals surface area contributed by atoms with E-state index in [4.69, 9.17) is 14.9 Å². The van der Waals surface area contributed by atoms with Crippen molar-refractivity contribution in [2.75, 3.05) is 0 Å². The molecule has 0 spiro atoms. The Morgan fingerprint density at radius 2 is 1.74 bits per heavy atom. The zero-order valence-electron chi connectivity index (χ0n) is 13.8. The van der Waals surface area contributed by atoms with Crippen LogP contribution in [-0.4, -0.2) is 25.1 Å². The normalized spacial score (nSPS) is 42.9. The topological polar surface area (TPSA) is 80.7 Å². The van der Waals surface area contributed by atoms with Crippen molar-refractivity contribution in [1.29, 1.82) is 0 Å². The van der Waals surface area contributed by atoms with Gasteiger partial charge in [0.25, 0.3) is 0 Å². The molecule has 23 heavy (non-hydrogen) atoms. The van der Waals surface area contributed by atoms with E-state index < -0.39 is 26.3 Å². The molecule has 0 aromatic heterocycles. The lowest BCUT2D eigenvalue weighted by molar-refractivity contribution is -0.218. The molecule has 3 unspecified atom stereocenters. The smallest absolute Gasteiger partial charge is 0.356 e. The number of rotatable bonds is 4. The Labute approximate surface area is 142 Å². The van der Waals surface area contributed by atoms with Crippen LogP contribution in [-0.2, 0) is 18.3 Å².